The van der Waals surface area contributed by atoms with Gasteiger partial charge in [0.15, 0.2) is 0 Å². The number of rotatable bonds is 5. The molecule has 0 amide bonds. The summed E-state index contributed by atoms with van der Waals surface area (Å²) in [5.74, 6) is 4.51. The summed E-state index contributed by atoms with van der Waals surface area (Å²) < 4.78 is 60.4. The summed E-state index contributed by atoms with van der Waals surface area (Å²) in [6, 6.07) is 25.8. The van der Waals surface area contributed by atoms with Gasteiger partial charge >= 0.3 is 135 Å². The molecule has 0 fully saturated rings. The first-order valence-corrected chi connectivity index (χ1v) is 21.6. The second kappa shape index (κ2) is 13.9. The maximum Gasteiger partial charge on any atom is 0 e. The fourth-order valence-electron chi connectivity index (χ4n) is 5.03. The molecular weight excluding hydrogens is 784 g/mol. The number of furan rings is 1. The van der Waals surface area contributed by atoms with Crippen molar-refractivity contribution in [3.05, 3.63) is 114 Å². The Balaban J connectivity index is 0.000000217. The van der Waals surface area contributed by atoms with Crippen LogP contribution >= 0.6 is 0 Å². The normalized spacial score (nSPS) is 14.0. The van der Waals surface area contributed by atoms with E-state index < -0.39 is 37.7 Å². The Morgan fingerprint density at radius 3 is 2.32 bits per heavy atom. The van der Waals surface area contributed by atoms with E-state index in [9.17, 15) is 4.39 Å². The van der Waals surface area contributed by atoms with Crippen LogP contribution in [0.1, 0.15) is 63.0 Å². The van der Waals surface area contributed by atoms with E-state index in [1.54, 1.807) is 32.3 Å². The predicted molar refractivity (Wildman–Crippen MR) is 180 cm³/mol. The molecule has 6 aromatic rings. The van der Waals surface area contributed by atoms with Crippen LogP contribution in [0.4, 0.5) is 4.39 Å². The Bertz CT molecular complexity index is 2110. The van der Waals surface area contributed by atoms with Crippen molar-refractivity contribution in [3.8, 4) is 22.5 Å². The van der Waals surface area contributed by atoms with Crippen LogP contribution in [0.25, 0.3) is 44.5 Å². The zero-order chi connectivity index (χ0) is 35.2. The third kappa shape index (κ3) is 7.22. The van der Waals surface area contributed by atoms with Gasteiger partial charge in [-0.3, -0.25) is 0 Å². The number of aromatic nitrogens is 2. The monoisotopic (exact) mass is 830 g/mol. The van der Waals surface area contributed by atoms with E-state index >= 15 is 0 Å². The molecule has 0 bridgehead atoms. The van der Waals surface area contributed by atoms with E-state index in [4.69, 9.17) is 11.3 Å². The quantitative estimate of drug-likeness (QED) is 0.128. The van der Waals surface area contributed by atoms with Gasteiger partial charge in [0, 0.05) is 33.1 Å². The van der Waals surface area contributed by atoms with Crippen molar-refractivity contribution in [3.63, 3.8) is 0 Å². The van der Waals surface area contributed by atoms with E-state index in [2.05, 4.69) is 45.4 Å². The van der Waals surface area contributed by atoms with Crippen LogP contribution in [-0.2, 0) is 20.1 Å². The molecule has 3 nitrogen and oxygen atoms in total. The Kier molecular flexibility index (Phi) is 8.59. The van der Waals surface area contributed by atoms with E-state index in [-0.39, 0.29) is 31.2 Å². The second-order valence-electron chi connectivity index (χ2n) is 12.1. The topological polar surface area (TPSA) is 38.9 Å². The average Bonchev–Trinajstić information content (AvgIpc) is 3.38. The van der Waals surface area contributed by atoms with Gasteiger partial charge in [0.05, 0.1) is 5.58 Å². The summed E-state index contributed by atoms with van der Waals surface area (Å²) in [6.45, 7) is 4.99. The molecule has 0 aliphatic heterocycles. The van der Waals surface area contributed by atoms with Crippen molar-refractivity contribution in [1.29, 1.82) is 0 Å². The first-order chi connectivity index (χ1) is 22.2. The number of hydrogen-bond acceptors (Lipinski definition) is 3. The van der Waals surface area contributed by atoms with Crippen molar-refractivity contribution >= 4 is 39.6 Å². The van der Waals surface area contributed by atoms with Crippen LogP contribution in [-0.4, -0.2) is 23.2 Å². The summed E-state index contributed by atoms with van der Waals surface area (Å²) >= 11 is -2.25. The van der Waals surface area contributed by atoms with Crippen LogP contribution in [0.3, 0.4) is 0 Å². The second-order valence-corrected chi connectivity index (χ2v) is 22.7. The van der Waals surface area contributed by atoms with Crippen molar-refractivity contribution < 1.29 is 35.8 Å². The molecule has 229 valence electrons. The molecule has 0 spiro atoms. The number of pyridine rings is 2. The zero-order valence-electron chi connectivity index (χ0n) is 31.0. The third-order valence-electron chi connectivity index (χ3n) is 7.33. The number of hydrogen-bond donors (Lipinski definition) is 0. The molecule has 6 rings (SSSR count). The molecule has 1 radical (unpaired) electrons. The molecule has 0 saturated heterocycles. The van der Waals surface area contributed by atoms with Gasteiger partial charge in [-0.1, -0.05) is 54.6 Å². The van der Waals surface area contributed by atoms with Crippen molar-refractivity contribution in [1.82, 2.24) is 9.97 Å². The third-order valence-corrected chi connectivity index (χ3v) is 11.6. The fraction of sp³-hybridized carbons (Fsp3) is 0.263. The first kappa shape index (κ1) is 27.2. The van der Waals surface area contributed by atoms with Crippen LogP contribution in [0.2, 0.25) is 17.3 Å². The minimum Gasteiger partial charge on any atom is 0 e. The number of benzene rings is 3. The zero-order valence-corrected chi connectivity index (χ0v) is 30.5. The molecule has 3 heterocycles. The summed E-state index contributed by atoms with van der Waals surface area (Å²) in [5.41, 5.74) is 5.46. The molecule has 44 heavy (non-hydrogen) atoms. The molecule has 0 unspecified atom stereocenters. The number of aryl methyl sites for hydroxylation is 1. The number of nitrogens with zero attached hydrogens (tertiary/aromatic N) is 2. The fourth-order valence-corrected chi connectivity index (χ4v) is 8.35. The number of halogens is 1. The van der Waals surface area contributed by atoms with Gasteiger partial charge in [-0.05, 0) is 23.7 Å². The summed E-state index contributed by atoms with van der Waals surface area (Å²) in [5, 5.41) is 2.15. The van der Waals surface area contributed by atoms with Crippen LogP contribution < -0.4 is 4.40 Å². The van der Waals surface area contributed by atoms with E-state index in [0.717, 1.165) is 54.8 Å². The van der Waals surface area contributed by atoms with Gasteiger partial charge in [-0.25, -0.2) is 0 Å². The van der Waals surface area contributed by atoms with E-state index in [1.165, 1.54) is 6.07 Å². The standard InChI is InChI=1S/C20H16NO.C18H23FGeN.Ir/c1-13(2)14-10-11-21-18(12-14)17-8-5-7-16-15-6-3-4-9-19(15)22-20(16)17;1-12(2)15-10-18(21-11-17(15)20(4,5)6)14-8-7-13(3)9-16(14)19;/h3-7,9-13H,1-2H3;7,9-12H,1-6H3;/q2*-1;/i13D;3D3,12D;. The van der Waals surface area contributed by atoms with Gasteiger partial charge in [0.1, 0.15) is 5.58 Å². The molecular formula is C38H39FGeIrN2O-2. The van der Waals surface area contributed by atoms with Gasteiger partial charge in [0.25, 0.3) is 0 Å². The van der Waals surface area contributed by atoms with E-state index in [0.29, 0.717) is 5.69 Å². The summed E-state index contributed by atoms with van der Waals surface area (Å²) in [7, 11) is 0. The van der Waals surface area contributed by atoms with Crippen LogP contribution in [0, 0.1) is 24.8 Å². The molecule has 0 N–H and O–H groups in total. The van der Waals surface area contributed by atoms with Gasteiger partial charge in [-0.15, -0.1) is 18.2 Å². The van der Waals surface area contributed by atoms with Crippen LogP contribution in [0.5, 0.6) is 0 Å². The molecule has 3 aromatic carbocycles. The minimum atomic E-state index is -2.37. The molecule has 0 aliphatic carbocycles. The summed E-state index contributed by atoms with van der Waals surface area (Å²) in [4.78, 5) is 8.86. The van der Waals surface area contributed by atoms with Crippen LogP contribution in [0.15, 0.2) is 83.5 Å². The van der Waals surface area contributed by atoms with Gasteiger partial charge < -0.3 is 9.40 Å². The minimum absolute atomic E-state index is 0. The number of fused-ring (bicyclic) bond motifs is 3. The van der Waals surface area contributed by atoms with Gasteiger partial charge in [-0.2, -0.15) is 0 Å². The summed E-state index contributed by atoms with van der Waals surface area (Å²) in [6.07, 6.45) is 3.50. The molecule has 3 aromatic heterocycles. The molecule has 0 atom stereocenters. The average molecular weight is 829 g/mol. The SMILES string of the molecule is [2H]C(C)(C)c1ccnc(-c2[c-]ccc3c2oc2ccccc23)c1.[2H]C([2H])([2H])c1c[c-]c(-c2cc(C([2H])(C)C)[c]([Ge]([CH3])([CH3])[CH3])cn2)c(F)c1.[Ir]. The number of para-hydroxylation sites is 1. The Hall–Kier alpha value is -3.12. The maximum absolute atomic E-state index is 14.5. The molecule has 0 saturated carbocycles. The Morgan fingerprint density at radius 1 is 0.886 bits per heavy atom. The largest absolute Gasteiger partial charge is 0 e. The molecule has 0 aliphatic rings. The van der Waals surface area contributed by atoms with Gasteiger partial charge in [0.2, 0.25) is 0 Å². The Morgan fingerprint density at radius 2 is 1.64 bits per heavy atom. The van der Waals surface area contributed by atoms with Crippen molar-refractivity contribution in [2.24, 2.45) is 0 Å². The smallest absolute Gasteiger partial charge is 0 e. The maximum atomic E-state index is 14.5. The van der Waals surface area contributed by atoms with Crippen molar-refractivity contribution in [2.45, 2.75) is 63.6 Å². The molecule has 6 heteroatoms. The van der Waals surface area contributed by atoms with E-state index in [1.807, 2.05) is 56.3 Å². The predicted octanol–water partition coefficient (Wildman–Crippen LogP) is 10.2. The van der Waals surface area contributed by atoms with Crippen molar-refractivity contribution in [2.75, 3.05) is 0 Å². The first-order valence-electron chi connectivity index (χ1n) is 16.8. The Labute approximate surface area is 284 Å².